The number of para-hydroxylation sites is 1. The van der Waals surface area contributed by atoms with Gasteiger partial charge in [-0.2, -0.15) is 5.10 Å². The van der Waals surface area contributed by atoms with Gasteiger partial charge in [-0.15, -0.1) is 0 Å². The summed E-state index contributed by atoms with van der Waals surface area (Å²) in [7, 11) is 1.63. The zero-order chi connectivity index (χ0) is 23.9. The Labute approximate surface area is 208 Å². The molecule has 0 unspecified atom stereocenters. The maximum atomic E-state index is 6.07. The van der Waals surface area contributed by atoms with Gasteiger partial charge in [-0.1, -0.05) is 41.9 Å². The fourth-order valence-electron chi connectivity index (χ4n) is 3.46. The number of nitrogens with one attached hydrogen (secondary N) is 2. The second-order valence-corrected chi connectivity index (χ2v) is 8.18. The second-order valence-electron chi connectivity index (χ2n) is 7.36. The smallest absolute Gasteiger partial charge is 0.214 e. The van der Waals surface area contributed by atoms with Gasteiger partial charge >= 0.3 is 0 Å². The molecule has 3 aromatic carbocycles. The van der Waals surface area contributed by atoms with E-state index in [0.717, 1.165) is 16.7 Å². The molecule has 0 saturated heterocycles. The highest BCUT2D eigenvalue weighted by Gasteiger charge is 2.14. The lowest BCUT2D eigenvalue weighted by Gasteiger charge is -2.15. The number of ether oxygens (including phenoxy) is 3. The standard InChI is InChI=1S/C25H25ClN4O3S/c1-3-32-23-14-17(11-12-22(23)33-16-18-7-6-8-19(26)13-18)15-27-30-24(28-29-25(30)34)20-9-4-5-10-21(20)31-2/h4-14,27H,3,15-16H2,1-2H3,(H,29,34). The molecular weight excluding hydrogens is 472 g/mol. The maximum Gasteiger partial charge on any atom is 0.214 e. The van der Waals surface area contributed by atoms with Crippen LogP contribution in [0.5, 0.6) is 17.2 Å². The number of halogens is 1. The Morgan fingerprint density at radius 3 is 2.62 bits per heavy atom. The van der Waals surface area contributed by atoms with E-state index in [2.05, 4.69) is 15.6 Å². The molecule has 0 aliphatic carbocycles. The van der Waals surface area contributed by atoms with Gasteiger partial charge < -0.3 is 19.6 Å². The summed E-state index contributed by atoms with van der Waals surface area (Å²) in [6.45, 7) is 3.35. The van der Waals surface area contributed by atoms with E-state index in [1.54, 1.807) is 11.8 Å². The average Bonchev–Trinajstić information content (AvgIpc) is 3.22. The monoisotopic (exact) mass is 496 g/mol. The largest absolute Gasteiger partial charge is 0.496 e. The lowest BCUT2D eigenvalue weighted by Crippen LogP contribution is -2.16. The van der Waals surface area contributed by atoms with Crippen molar-refractivity contribution in [2.75, 3.05) is 19.1 Å². The van der Waals surface area contributed by atoms with Crippen molar-refractivity contribution in [3.63, 3.8) is 0 Å². The molecule has 2 N–H and O–H groups in total. The number of methoxy groups -OCH3 is 1. The Kier molecular flexibility index (Phi) is 7.72. The van der Waals surface area contributed by atoms with Gasteiger partial charge in [-0.25, -0.2) is 9.77 Å². The number of benzene rings is 3. The van der Waals surface area contributed by atoms with Gasteiger partial charge in [0.15, 0.2) is 17.3 Å². The number of hydrogen-bond donors (Lipinski definition) is 2. The Balaban J connectivity index is 1.51. The van der Waals surface area contributed by atoms with E-state index < -0.39 is 0 Å². The number of aromatic nitrogens is 3. The molecule has 0 aliphatic heterocycles. The maximum absolute atomic E-state index is 6.07. The van der Waals surface area contributed by atoms with Gasteiger partial charge in [0.1, 0.15) is 12.4 Å². The minimum atomic E-state index is 0.394. The summed E-state index contributed by atoms with van der Waals surface area (Å²) in [6, 6.07) is 21.1. The van der Waals surface area contributed by atoms with Crippen LogP contribution in [-0.2, 0) is 13.2 Å². The summed E-state index contributed by atoms with van der Waals surface area (Å²) in [5.41, 5.74) is 6.13. The average molecular weight is 497 g/mol. The third-order valence-electron chi connectivity index (χ3n) is 5.05. The van der Waals surface area contributed by atoms with Crippen molar-refractivity contribution >= 4 is 23.8 Å². The van der Waals surface area contributed by atoms with Crippen LogP contribution in [0, 0.1) is 4.77 Å². The molecular formula is C25H25ClN4O3S. The first-order valence-corrected chi connectivity index (χ1v) is 11.5. The highest BCUT2D eigenvalue weighted by atomic mass is 35.5. The zero-order valence-electron chi connectivity index (χ0n) is 18.9. The van der Waals surface area contributed by atoms with E-state index in [1.807, 2.05) is 73.7 Å². The molecule has 9 heteroatoms. The third kappa shape index (κ3) is 5.52. The van der Waals surface area contributed by atoms with E-state index >= 15 is 0 Å². The molecule has 34 heavy (non-hydrogen) atoms. The molecule has 0 spiro atoms. The Morgan fingerprint density at radius 2 is 1.82 bits per heavy atom. The van der Waals surface area contributed by atoms with E-state index in [0.29, 0.717) is 52.6 Å². The van der Waals surface area contributed by atoms with Gasteiger partial charge in [-0.3, -0.25) is 0 Å². The molecule has 0 fully saturated rings. The third-order valence-corrected chi connectivity index (χ3v) is 5.56. The molecule has 0 radical (unpaired) electrons. The van der Waals surface area contributed by atoms with Crippen LogP contribution >= 0.6 is 23.8 Å². The van der Waals surface area contributed by atoms with Crippen LogP contribution in [-0.4, -0.2) is 28.6 Å². The van der Waals surface area contributed by atoms with Gasteiger partial charge in [0.2, 0.25) is 4.77 Å². The Bertz CT molecular complexity index is 1320. The van der Waals surface area contributed by atoms with Gasteiger partial charge in [-0.05, 0) is 66.7 Å². The first-order valence-electron chi connectivity index (χ1n) is 10.8. The van der Waals surface area contributed by atoms with Crippen LogP contribution in [0.1, 0.15) is 18.1 Å². The Morgan fingerprint density at radius 1 is 0.971 bits per heavy atom. The second kappa shape index (κ2) is 11.1. The normalized spacial score (nSPS) is 10.7. The molecule has 0 saturated carbocycles. The molecule has 0 bridgehead atoms. The van der Waals surface area contributed by atoms with Crippen molar-refractivity contribution in [3.8, 4) is 28.6 Å². The van der Waals surface area contributed by atoms with Gasteiger partial charge in [0.05, 0.1) is 25.8 Å². The number of rotatable bonds is 10. The molecule has 0 aliphatic rings. The van der Waals surface area contributed by atoms with Crippen LogP contribution in [0.15, 0.2) is 66.7 Å². The molecule has 4 aromatic rings. The van der Waals surface area contributed by atoms with Crippen molar-refractivity contribution in [1.29, 1.82) is 0 Å². The lowest BCUT2D eigenvalue weighted by molar-refractivity contribution is 0.269. The van der Waals surface area contributed by atoms with E-state index in [9.17, 15) is 0 Å². The van der Waals surface area contributed by atoms with Crippen molar-refractivity contribution in [3.05, 3.63) is 87.7 Å². The first kappa shape index (κ1) is 23.7. The molecule has 0 amide bonds. The van der Waals surface area contributed by atoms with E-state index in [4.69, 9.17) is 38.0 Å². The Hall–Kier alpha value is -3.49. The van der Waals surface area contributed by atoms with Gasteiger partial charge in [0.25, 0.3) is 0 Å². The predicted octanol–water partition coefficient (Wildman–Crippen LogP) is 5.99. The number of H-pyrrole nitrogens is 1. The lowest BCUT2D eigenvalue weighted by atomic mass is 10.2. The van der Waals surface area contributed by atoms with Crippen molar-refractivity contribution in [1.82, 2.24) is 14.9 Å². The zero-order valence-corrected chi connectivity index (χ0v) is 20.4. The van der Waals surface area contributed by atoms with Crippen LogP contribution < -0.4 is 19.6 Å². The van der Waals surface area contributed by atoms with Crippen LogP contribution in [0.3, 0.4) is 0 Å². The summed E-state index contributed by atoms with van der Waals surface area (Å²) >= 11 is 11.5. The molecule has 1 heterocycles. The first-order chi connectivity index (χ1) is 16.6. The van der Waals surface area contributed by atoms with Gasteiger partial charge in [0, 0.05) is 5.02 Å². The van der Waals surface area contributed by atoms with E-state index in [-0.39, 0.29) is 0 Å². The molecule has 0 atom stereocenters. The highest BCUT2D eigenvalue weighted by Crippen LogP contribution is 2.30. The molecule has 1 aromatic heterocycles. The fourth-order valence-corrected chi connectivity index (χ4v) is 3.87. The summed E-state index contributed by atoms with van der Waals surface area (Å²) < 4.78 is 19.5. The van der Waals surface area contributed by atoms with Crippen molar-refractivity contribution in [2.24, 2.45) is 0 Å². The minimum absolute atomic E-state index is 0.394. The number of aromatic amines is 1. The molecule has 4 rings (SSSR count). The SMILES string of the molecule is CCOc1cc(CNn2c(-c3ccccc3OC)n[nH]c2=S)ccc1OCc1cccc(Cl)c1. The summed E-state index contributed by atoms with van der Waals surface area (Å²) in [6.07, 6.45) is 0. The minimum Gasteiger partial charge on any atom is -0.496 e. The number of nitrogens with zero attached hydrogens (tertiary/aromatic N) is 2. The quantitative estimate of drug-likeness (QED) is 0.263. The highest BCUT2D eigenvalue weighted by molar-refractivity contribution is 7.71. The fraction of sp³-hybridized carbons (Fsp3) is 0.200. The summed E-state index contributed by atoms with van der Waals surface area (Å²) in [5, 5.41) is 7.90. The summed E-state index contributed by atoms with van der Waals surface area (Å²) in [5.74, 6) is 2.68. The van der Waals surface area contributed by atoms with Crippen LogP contribution in [0.25, 0.3) is 11.4 Å². The topological polar surface area (TPSA) is 73.3 Å². The molecule has 176 valence electrons. The van der Waals surface area contributed by atoms with Crippen LogP contribution in [0.4, 0.5) is 0 Å². The van der Waals surface area contributed by atoms with Crippen molar-refractivity contribution < 1.29 is 14.2 Å². The van der Waals surface area contributed by atoms with Crippen LogP contribution in [0.2, 0.25) is 5.02 Å². The van der Waals surface area contributed by atoms with Crippen molar-refractivity contribution in [2.45, 2.75) is 20.1 Å². The predicted molar refractivity (Wildman–Crippen MR) is 136 cm³/mol. The molecule has 7 nitrogen and oxygen atoms in total. The van der Waals surface area contributed by atoms with E-state index in [1.165, 1.54) is 0 Å². The summed E-state index contributed by atoms with van der Waals surface area (Å²) in [4.78, 5) is 0. The number of hydrogen-bond acceptors (Lipinski definition) is 6.